The van der Waals surface area contributed by atoms with Crippen molar-refractivity contribution in [1.29, 1.82) is 0 Å². The highest BCUT2D eigenvalue weighted by molar-refractivity contribution is 6.35. The van der Waals surface area contributed by atoms with Gasteiger partial charge in [0.05, 0.1) is 16.7 Å². The summed E-state index contributed by atoms with van der Waals surface area (Å²) in [5.41, 5.74) is 10.9. The number of nitrogens with one attached hydrogen (secondary N) is 5. The Hall–Kier alpha value is -4.93. The number of carbonyl (C=O) groups is 3. The van der Waals surface area contributed by atoms with Gasteiger partial charge in [0.1, 0.15) is 17.3 Å². The first-order chi connectivity index (χ1) is 19.7. The molecule has 212 valence electrons. The third-order valence-electron chi connectivity index (χ3n) is 7.20. The van der Waals surface area contributed by atoms with Crippen molar-refractivity contribution >= 4 is 51.8 Å². The second-order valence-corrected chi connectivity index (χ2v) is 10.2. The molecule has 0 unspecified atom stereocenters. The standard InChI is InChI=1S/C30H32FN7O3/c1-16-23(13-21-20-12-19(31)7-8-22(20)38-28(21)39)36-17(2)27(16)30(41)34-10-6-4-3-5-9-33-29(40)25-11-18-15-35-26(32)14-24(18)37-25/h7-8,11-15,36-37H,3-6,9-10H2,1-2H3,(H2,32,35)(H,33,40)(H,34,41)(H,38,39). The van der Waals surface area contributed by atoms with E-state index in [1.54, 1.807) is 24.4 Å². The van der Waals surface area contributed by atoms with Crippen molar-refractivity contribution in [3.8, 4) is 0 Å². The van der Waals surface area contributed by atoms with Crippen LogP contribution in [0.15, 0.2) is 36.5 Å². The molecule has 0 fully saturated rings. The number of nitrogen functional groups attached to an aromatic ring is 1. The van der Waals surface area contributed by atoms with Crippen LogP contribution in [0, 0.1) is 19.7 Å². The molecular formula is C30H32FN7O3. The van der Waals surface area contributed by atoms with Gasteiger partial charge in [-0.2, -0.15) is 0 Å². The van der Waals surface area contributed by atoms with E-state index in [0.29, 0.717) is 58.4 Å². The SMILES string of the molecule is Cc1[nH]c(C=C2C(=O)Nc3ccc(F)cc32)c(C)c1C(=O)NCCCCCCNC(=O)c1cc2cnc(N)cc2[nH]1. The number of halogens is 1. The molecule has 4 aromatic rings. The van der Waals surface area contributed by atoms with E-state index in [4.69, 9.17) is 5.73 Å². The fourth-order valence-corrected chi connectivity index (χ4v) is 5.06. The Labute approximate surface area is 236 Å². The molecule has 41 heavy (non-hydrogen) atoms. The second-order valence-electron chi connectivity index (χ2n) is 10.2. The molecule has 10 nitrogen and oxygen atoms in total. The predicted molar refractivity (Wildman–Crippen MR) is 157 cm³/mol. The summed E-state index contributed by atoms with van der Waals surface area (Å²) < 4.78 is 13.8. The Bertz CT molecular complexity index is 1680. The fraction of sp³-hybridized carbons (Fsp3) is 0.267. The van der Waals surface area contributed by atoms with Crippen LogP contribution in [0.25, 0.3) is 22.6 Å². The zero-order valence-corrected chi connectivity index (χ0v) is 22.9. The smallest absolute Gasteiger partial charge is 0.267 e. The van der Waals surface area contributed by atoms with Gasteiger partial charge in [0.15, 0.2) is 0 Å². The Balaban J connectivity index is 1.06. The molecule has 1 aromatic carbocycles. The number of aryl methyl sites for hydroxylation is 1. The average molecular weight is 558 g/mol. The summed E-state index contributed by atoms with van der Waals surface area (Å²) in [5, 5.41) is 9.45. The van der Waals surface area contributed by atoms with Crippen molar-refractivity contribution < 1.29 is 18.8 Å². The van der Waals surface area contributed by atoms with Crippen molar-refractivity contribution in [2.24, 2.45) is 0 Å². The Kier molecular flexibility index (Phi) is 7.86. The average Bonchev–Trinajstić information content (AvgIpc) is 3.58. The zero-order chi connectivity index (χ0) is 29.1. The topological polar surface area (TPSA) is 158 Å². The quantitative estimate of drug-likeness (QED) is 0.125. The van der Waals surface area contributed by atoms with Gasteiger partial charge in [-0.05, 0) is 62.6 Å². The maximum absolute atomic E-state index is 13.8. The maximum atomic E-state index is 13.8. The van der Waals surface area contributed by atoms with E-state index < -0.39 is 5.82 Å². The van der Waals surface area contributed by atoms with Gasteiger partial charge in [-0.25, -0.2) is 9.37 Å². The van der Waals surface area contributed by atoms with Crippen LogP contribution in [0.3, 0.4) is 0 Å². The molecule has 4 heterocycles. The summed E-state index contributed by atoms with van der Waals surface area (Å²) in [6, 6.07) is 7.60. The van der Waals surface area contributed by atoms with Gasteiger partial charge < -0.3 is 31.7 Å². The number of pyridine rings is 1. The van der Waals surface area contributed by atoms with Crippen LogP contribution < -0.4 is 21.7 Å². The van der Waals surface area contributed by atoms with E-state index in [0.717, 1.165) is 42.1 Å². The molecule has 7 N–H and O–H groups in total. The molecule has 0 radical (unpaired) electrons. The lowest BCUT2D eigenvalue weighted by atomic mass is 10.0. The summed E-state index contributed by atoms with van der Waals surface area (Å²) >= 11 is 0. The van der Waals surface area contributed by atoms with Crippen LogP contribution in [-0.2, 0) is 4.79 Å². The lowest BCUT2D eigenvalue weighted by Gasteiger charge is -2.07. The number of hydrogen-bond acceptors (Lipinski definition) is 5. The largest absolute Gasteiger partial charge is 0.384 e. The van der Waals surface area contributed by atoms with Gasteiger partial charge >= 0.3 is 0 Å². The number of aromatic nitrogens is 3. The fourth-order valence-electron chi connectivity index (χ4n) is 5.06. The minimum absolute atomic E-state index is 0.177. The van der Waals surface area contributed by atoms with Crippen LogP contribution in [0.5, 0.6) is 0 Å². The summed E-state index contributed by atoms with van der Waals surface area (Å²) in [7, 11) is 0. The van der Waals surface area contributed by atoms with E-state index in [2.05, 4.69) is 30.9 Å². The minimum Gasteiger partial charge on any atom is -0.384 e. The number of nitrogens with zero attached hydrogens (tertiary/aromatic N) is 1. The Morgan fingerprint density at radius 1 is 1.00 bits per heavy atom. The molecule has 3 amide bonds. The number of fused-ring (bicyclic) bond motifs is 2. The van der Waals surface area contributed by atoms with E-state index in [1.807, 2.05) is 13.8 Å². The number of rotatable bonds is 10. The normalized spacial score (nSPS) is 13.4. The van der Waals surface area contributed by atoms with Crippen LogP contribution in [-0.4, -0.2) is 45.8 Å². The molecule has 0 saturated heterocycles. The van der Waals surface area contributed by atoms with E-state index >= 15 is 0 Å². The van der Waals surface area contributed by atoms with Gasteiger partial charge in [-0.15, -0.1) is 0 Å². The number of unbranched alkanes of at least 4 members (excludes halogenated alkanes) is 3. The van der Waals surface area contributed by atoms with Crippen molar-refractivity contribution in [3.63, 3.8) is 0 Å². The molecule has 0 atom stereocenters. The second kappa shape index (κ2) is 11.7. The Morgan fingerprint density at radius 2 is 1.73 bits per heavy atom. The first-order valence-corrected chi connectivity index (χ1v) is 13.5. The molecule has 0 saturated carbocycles. The highest BCUT2D eigenvalue weighted by Crippen LogP contribution is 2.34. The number of nitrogens with two attached hydrogens (primary N) is 1. The van der Waals surface area contributed by atoms with Crippen molar-refractivity contribution in [3.05, 3.63) is 76.1 Å². The van der Waals surface area contributed by atoms with Gasteiger partial charge in [0.25, 0.3) is 17.7 Å². The monoisotopic (exact) mass is 557 g/mol. The molecule has 0 spiro atoms. The van der Waals surface area contributed by atoms with Crippen LogP contribution in [0.4, 0.5) is 15.9 Å². The molecular weight excluding hydrogens is 525 g/mol. The minimum atomic E-state index is -0.426. The van der Waals surface area contributed by atoms with Crippen molar-refractivity contribution in [2.75, 3.05) is 24.1 Å². The van der Waals surface area contributed by atoms with Crippen molar-refractivity contribution in [2.45, 2.75) is 39.5 Å². The summed E-state index contributed by atoms with van der Waals surface area (Å²) in [6.45, 7) is 4.70. The zero-order valence-electron chi connectivity index (χ0n) is 22.9. The number of anilines is 2. The van der Waals surface area contributed by atoms with Crippen molar-refractivity contribution in [1.82, 2.24) is 25.6 Å². The first kappa shape index (κ1) is 27.6. The maximum Gasteiger partial charge on any atom is 0.267 e. The number of hydrogen-bond donors (Lipinski definition) is 6. The van der Waals surface area contributed by atoms with Gasteiger partial charge in [-0.3, -0.25) is 14.4 Å². The molecule has 0 aliphatic carbocycles. The molecule has 1 aliphatic heterocycles. The molecule has 11 heteroatoms. The molecule has 5 rings (SSSR count). The van der Waals surface area contributed by atoms with Gasteiger partial charge in [0.2, 0.25) is 0 Å². The summed E-state index contributed by atoms with van der Waals surface area (Å²) in [4.78, 5) is 48.1. The lowest BCUT2D eigenvalue weighted by molar-refractivity contribution is -0.110. The van der Waals surface area contributed by atoms with E-state index in [1.165, 1.54) is 18.2 Å². The highest BCUT2D eigenvalue weighted by atomic mass is 19.1. The van der Waals surface area contributed by atoms with Crippen LogP contribution in [0.1, 0.15) is 69.0 Å². The number of benzene rings is 1. The third kappa shape index (κ3) is 5.98. The molecule has 3 aromatic heterocycles. The van der Waals surface area contributed by atoms with Gasteiger partial charge in [0, 0.05) is 53.4 Å². The summed E-state index contributed by atoms with van der Waals surface area (Å²) in [6.07, 6.45) is 6.73. The highest BCUT2D eigenvalue weighted by Gasteiger charge is 2.26. The number of amides is 3. The van der Waals surface area contributed by atoms with E-state index in [9.17, 15) is 18.8 Å². The number of aromatic amines is 2. The van der Waals surface area contributed by atoms with Gasteiger partial charge in [-0.1, -0.05) is 12.8 Å². The first-order valence-electron chi connectivity index (χ1n) is 13.5. The number of carbonyl (C=O) groups excluding carboxylic acids is 3. The van der Waals surface area contributed by atoms with Crippen LogP contribution in [0.2, 0.25) is 0 Å². The molecule has 1 aliphatic rings. The van der Waals surface area contributed by atoms with E-state index in [-0.39, 0.29) is 17.7 Å². The Morgan fingerprint density at radius 3 is 2.49 bits per heavy atom. The third-order valence-corrected chi connectivity index (χ3v) is 7.20. The predicted octanol–water partition coefficient (Wildman–Crippen LogP) is 4.44. The lowest BCUT2D eigenvalue weighted by Crippen LogP contribution is -2.26. The van der Waals surface area contributed by atoms with Crippen LogP contribution >= 0.6 is 0 Å². The summed E-state index contributed by atoms with van der Waals surface area (Å²) in [5.74, 6) is -0.716. The molecule has 0 bridgehead atoms. The number of H-pyrrole nitrogens is 2.